The summed E-state index contributed by atoms with van der Waals surface area (Å²) in [7, 11) is 0. The van der Waals surface area contributed by atoms with Crippen molar-refractivity contribution in [2.24, 2.45) is 0 Å². The standard InChI is InChI=1S/C18H19N3O2S2/c1-2-14-13-7-10-25-15(13)5-8-21(14)17(22)4-3-16-19-20-18(23-16)12-6-9-24-11-12/h6-7,9-11,14H,2-5,8H2,1H3. The second-order valence-electron chi connectivity index (χ2n) is 6.07. The molecule has 0 aliphatic carbocycles. The van der Waals surface area contributed by atoms with Crippen molar-refractivity contribution in [1.29, 1.82) is 0 Å². The Bertz CT molecular complexity index is 853. The molecule has 0 bridgehead atoms. The molecule has 1 atom stereocenters. The largest absolute Gasteiger partial charge is 0.421 e. The smallest absolute Gasteiger partial charge is 0.248 e. The van der Waals surface area contributed by atoms with Crippen molar-refractivity contribution in [2.45, 2.75) is 38.6 Å². The summed E-state index contributed by atoms with van der Waals surface area (Å²) >= 11 is 3.39. The van der Waals surface area contributed by atoms with Crippen LogP contribution < -0.4 is 0 Å². The third-order valence-electron chi connectivity index (χ3n) is 4.59. The number of carbonyl (C=O) groups excluding carboxylic acids is 1. The molecule has 1 unspecified atom stereocenters. The zero-order valence-corrected chi connectivity index (χ0v) is 15.6. The molecule has 4 rings (SSSR count). The van der Waals surface area contributed by atoms with Gasteiger partial charge in [0.2, 0.25) is 17.7 Å². The first-order chi connectivity index (χ1) is 12.3. The lowest BCUT2D eigenvalue weighted by Gasteiger charge is -2.35. The molecule has 130 valence electrons. The van der Waals surface area contributed by atoms with E-state index >= 15 is 0 Å². The Labute approximate surface area is 154 Å². The maximum atomic E-state index is 12.7. The van der Waals surface area contributed by atoms with Gasteiger partial charge in [0.25, 0.3) is 0 Å². The van der Waals surface area contributed by atoms with E-state index in [-0.39, 0.29) is 11.9 Å². The Morgan fingerprint density at radius 3 is 3.08 bits per heavy atom. The van der Waals surface area contributed by atoms with Crippen molar-refractivity contribution in [1.82, 2.24) is 15.1 Å². The van der Waals surface area contributed by atoms with E-state index in [9.17, 15) is 4.79 Å². The third kappa shape index (κ3) is 3.26. The lowest BCUT2D eigenvalue weighted by Crippen LogP contribution is -2.39. The van der Waals surface area contributed by atoms with E-state index in [2.05, 4.69) is 28.6 Å². The van der Waals surface area contributed by atoms with Gasteiger partial charge in [-0.05, 0) is 41.3 Å². The fourth-order valence-corrected chi connectivity index (χ4v) is 4.91. The fourth-order valence-electron chi connectivity index (χ4n) is 3.35. The summed E-state index contributed by atoms with van der Waals surface area (Å²) in [4.78, 5) is 16.2. The molecule has 1 aliphatic heterocycles. The number of hydrogen-bond donors (Lipinski definition) is 0. The quantitative estimate of drug-likeness (QED) is 0.668. The first kappa shape index (κ1) is 16.5. The zero-order valence-electron chi connectivity index (χ0n) is 14.0. The molecule has 3 aromatic heterocycles. The van der Waals surface area contributed by atoms with Gasteiger partial charge in [-0.3, -0.25) is 4.79 Å². The van der Waals surface area contributed by atoms with Crippen LogP contribution in [0.4, 0.5) is 0 Å². The molecule has 0 fully saturated rings. The summed E-state index contributed by atoms with van der Waals surface area (Å²) < 4.78 is 5.68. The van der Waals surface area contributed by atoms with Crippen molar-refractivity contribution in [3.8, 4) is 11.5 Å². The summed E-state index contributed by atoms with van der Waals surface area (Å²) in [5, 5.41) is 14.2. The van der Waals surface area contributed by atoms with Crippen molar-refractivity contribution < 1.29 is 9.21 Å². The Morgan fingerprint density at radius 1 is 1.36 bits per heavy atom. The molecule has 4 heterocycles. The van der Waals surface area contributed by atoms with Crippen LogP contribution in [0.25, 0.3) is 11.5 Å². The summed E-state index contributed by atoms with van der Waals surface area (Å²) in [6.45, 7) is 2.94. The Hall–Kier alpha value is -1.99. The van der Waals surface area contributed by atoms with Gasteiger partial charge in [-0.1, -0.05) is 6.92 Å². The lowest BCUT2D eigenvalue weighted by molar-refractivity contribution is -0.134. The van der Waals surface area contributed by atoms with E-state index in [0.29, 0.717) is 24.6 Å². The van der Waals surface area contributed by atoms with Crippen LogP contribution >= 0.6 is 22.7 Å². The number of carbonyl (C=O) groups is 1. The van der Waals surface area contributed by atoms with Gasteiger partial charge in [0.05, 0.1) is 6.04 Å². The molecule has 0 aromatic carbocycles. The predicted molar refractivity (Wildman–Crippen MR) is 98.7 cm³/mol. The molecular weight excluding hydrogens is 354 g/mol. The molecule has 1 aliphatic rings. The summed E-state index contributed by atoms with van der Waals surface area (Å²) in [6, 6.07) is 4.32. The van der Waals surface area contributed by atoms with E-state index in [1.807, 2.05) is 21.7 Å². The highest BCUT2D eigenvalue weighted by Gasteiger charge is 2.30. The van der Waals surface area contributed by atoms with Crippen LogP contribution in [0, 0.1) is 0 Å². The van der Waals surface area contributed by atoms with Crippen molar-refractivity contribution in [3.63, 3.8) is 0 Å². The van der Waals surface area contributed by atoms with Gasteiger partial charge in [-0.2, -0.15) is 11.3 Å². The average molecular weight is 374 g/mol. The molecule has 3 aromatic rings. The second-order valence-corrected chi connectivity index (χ2v) is 7.85. The maximum absolute atomic E-state index is 12.7. The second kappa shape index (κ2) is 7.09. The fraction of sp³-hybridized carbons (Fsp3) is 0.389. The topological polar surface area (TPSA) is 59.2 Å². The van der Waals surface area contributed by atoms with Crippen molar-refractivity contribution in [2.75, 3.05) is 6.54 Å². The van der Waals surface area contributed by atoms with Crippen LogP contribution in [0.5, 0.6) is 0 Å². The minimum absolute atomic E-state index is 0.166. The molecule has 0 radical (unpaired) electrons. The minimum atomic E-state index is 0.166. The van der Waals surface area contributed by atoms with Crippen LogP contribution in [0.2, 0.25) is 0 Å². The molecule has 7 heteroatoms. The predicted octanol–water partition coefficient (Wildman–Crippen LogP) is 4.33. The van der Waals surface area contributed by atoms with E-state index in [1.165, 1.54) is 10.4 Å². The van der Waals surface area contributed by atoms with Gasteiger partial charge in [-0.25, -0.2) is 0 Å². The highest BCUT2D eigenvalue weighted by Crippen LogP contribution is 2.35. The first-order valence-electron chi connectivity index (χ1n) is 8.47. The molecule has 1 amide bonds. The first-order valence-corrected chi connectivity index (χ1v) is 10.3. The van der Waals surface area contributed by atoms with Gasteiger partial charge in [0.15, 0.2) is 0 Å². The molecule has 5 nitrogen and oxygen atoms in total. The Balaban J connectivity index is 1.41. The van der Waals surface area contributed by atoms with Gasteiger partial charge >= 0.3 is 0 Å². The van der Waals surface area contributed by atoms with Crippen LogP contribution in [-0.4, -0.2) is 27.5 Å². The number of fused-ring (bicyclic) bond motifs is 1. The number of aromatic nitrogens is 2. The number of thiophene rings is 2. The van der Waals surface area contributed by atoms with Crippen LogP contribution in [0.1, 0.15) is 42.1 Å². The van der Waals surface area contributed by atoms with E-state index in [4.69, 9.17) is 4.42 Å². The normalized spacial score (nSPS) is 16.8. The number of rotatable bonds is 5. The lowest BCUT2D eigenvalue weighted by atomic mass is 9.97. The van der Waals surface area contributed by atoms with Crippen LogP contribution in [0.3, 0.4) is 0 Å². The van der Waals surface area contributed by atoms with Gasteiger partial charge < -0.3 is 9.32 Å². The van der Waals surface area contributed by atoms with Gasteiger partial charge in [0.1, 0.15) is 0 Å². The Morgan fingerprint density at radius 2 is 2.28 bits per heavy atom. The number of amides is 1. The average Bonchev–Trinajstić information content (AvgIpc) is 3.39. The van der Waals surface area contributed by atoms with Crippen LogP contribution in [0.15, 0.2) is 32.7 Å². The van der Waals surface area contributed by atoms with Crippen molar-refractivity contribution in [3.05, 3.63) is 44.6 Å². The summed E-state index contributed by atoms with van der Waals surface area (Å²) in [5.41, 5.74) is 2.26. The minimum Gasteiger partial charge on any atom is -0.421 e. The highest BCUT2D eigenvalue weighted by atomic mass is 32.1. The molecule has 0 N–H and O–H groups in total. The van der Waals surface area contributed by atoms with E-state index in [1.54, 1.807) is 22.7 Å². The summed E-state index contributed by atoms with van der Waals surface area (Å²) in [5.74, 6) is 1.21. The Kier molecular flexibility index (Phi) is 4.67. The van der Waals surface area contributed by atoms with Crippen LogP contribution in [-0.2, 0) is 17.6 Å². The van der Waals surface area contributed by atoms with Crippen molar-refractivity contribution >= 4 is 28.6 Å². The van der Waals surface area contributed by atoms with E-state index < -0.39 is 0 Å². The third-order valence-corrected chi connectivity index (χ3v) is 6.27. The molecule has 0 spiro atoms. The molecule has 25 heavy (non-hydrogen) atoms. The molecular formula is C18H19N3O2S2. The molecule has 0 saturated carbocycles. The number of hydrogen-bond acceptors (Lipinski definition) is 6. The van der Waals surface area contributed by atoms with E-state index in [0.717, 1.165) is 24.9 Å². The molecule has 0 saturated heterocycles. The maximum Gasteiger partial charge on any atom is 0.248 e. The zero-order chi connectivity index (χ0) is 17.2. The van der Waals surface area contributed by atoms with Gasteiger partial charge in [0, 0.05) is 35.2 Å². The highest BCUT2D eigenvalue weighted by molar-refractivity contribution is 7.10. The summed E-state index contributed by atoms with van der Waals surface area (Å²) in [6.07, 6.45) is 2.79. The number of aryl methyl sites for hydroxylation is 1. The SMILES string of the molecule is CCC1c2ccsc2CCN1C(=O)CCc1nnc(-c2ccsc2)o1. The number of nitrogens with zero attached hydrogens (tertiary/aromatic N) is 3. The monoisotopic (exact) mass is 373 g/mol. The van der Waals surface area contributed by atoms with Gasteiger partial charge in [-0.15, -0.1) is 21.5 Å².